The molecule has 3 aliphatic rings. The summed E-state index contributed by atoms with van der Waals surface area (Å²) in [6, 6.07) is 6.90. The van der Waals surface area contributed by atoms with E-state index in [1.807, 2.05) is 6.92 Å². The van der Waals surface area contributed by atoms with Crippen molar-refractivity contribution in [1.29, 1.82) is 0 Å². The van der Waals surface area contributed by atoms with Crippen LogP contribution < -0.4 is 16.2 Å². The molecule has 0 bridgehead atoms. The zero-order valence-corrected chi connectivity index (χ0v) is 34.9. The van der Waals surface area contributed by atoms with Crippen LogP contribution in [0.1, 0.15) is 31.4 Å². The minimum atomic E-state index is -5.16. The van der Waals surface area contributed by atoms with Gasteiger partial charge in [0.25, 0.3) is 0 Å². The van der Waals surface area contributed by atoms with Crippen LogP contribution in [0.3, 0.4) is 0 Å². The summed E-state index contributed by atoms with van der Waals surface area (Å²) in [5.74, 6) is 0.612. The number of phosphoric acid groups is 1. The molecular weight excluding hydrogens is 872 g/mol. The third-order valence-corrected chi connectivity index (χ3v) is 14.3. The number of alkyl halides is 2. The molecule has 3 saturated heterocycles. The van der Waals surface area contributed by atoms with Crippen LogP contribution >= 0.6 is 26.0 Å². The van der Waals surface area contributed by atoms with Crippen LogP contribution in [-0.2, 0) is 51.9 Å². The number of hydrogen-bond acceptors (Lipinski definition) is 20. The van der Waals surface area contributed by atoms with Gasteiger partial charge in [-0.25, -0.2) is 47.8 Å². The van der Waals surface area contributed by atoms with E-state index in [4.69, 9.17) is 53.2 Å². The second kappa shape index (κ2) is 18.8. The summed E-state index contributed by atoms with van der Waals surface area (Å²) in [7, 11) is -5.16. The van der Waals surface area contributed by atoms with Gasteiger partial charge in [-0.15, -0.1) is 0 Å². The number of phosphoric ester groups is 1. The van der Waals surface area contributed by atoms with Gasteiger partial charge in [-0.3, -0.25) is 27.2 Å². The number of halogens is 2. The van der Waals surface area contributed by atoms with Gasteiger partial charge in [0.05, 0.1) is 45.7 Å². The molecule has 1 aromatic carbocycles. The molecule has 5 aromatic rings. The number of fused-ring (bicyclic) bond motifs is 4. The second-order valence-electron chi connectivity index (χ2n) is 13.8. The van der Waals surface area contributed by atoms with E-state index >= 15 is 8.78 Å². The lowest BCUT2D eigenvalue weighted by atomic mass is 10.1. The van der Waals surface area contributed by atoms with Crippen molar-refractivity contribution in [2.24, 2.45) is 0 Å². The van der Waals surface area contributed by atoms with E-state index in [0.29, 0.717) is 55.7 Å². The number of hydrogen-bond donors (Lipinski definition) is 3. The van der Waals surface area contributed by atoms with Gasteiger partial charge in [0.15, 0.2) is 47.7 Å². The third-order valence-electron chi connectivity index (χ3n) is 9.69. The Balaban J connectivity index is 1.03. The van der Waals surface area contributed by atoms with Gasteiger partial charge in [-0.2, -0.15) is 0 Å². The molecule has 3 fully saturated rings. The summed E-state index contributed by atoms with van der Waals surface area (Å²) in [4.78, 5) is 35.2. The first-order valence-electron chi connectivity index (χ1n) is 19.0. The Morgan fingerprint density at radius 3 is 1.90 bits per heavy atom. The highest BCUT2D eigenvalue weighted by Gasteiger charge is 2.55. The van der Waals surface area contributed by atoms with Crippen molar-refractivity contribution in [3.05, 3.63) is 55.1 Å². The van der Waals surface area contributed by atoms with E-state index in [9.17, 15) is 14.0 Å². The van der Waals surface area contributed by atoms with Crippen molar-refractivity contribution in [2.75, 3.05) is 57.7 Å². The Hall–Kier alpha value is -3.97. The topological polar surface area (TPSA) is 277 Å². The number of rotatable bonds is 14. The van der Waals surface area contributed by atoms with E-state index in [0.717, 1.165) is 19.1 Å². The first-order chi connectivity index (χ1) is 29.4. The molecule has 0 radical (unpaired) electrons. The van der Waals surface area contributed by atoms with Gasteiger partial charge < -0.3 is 40.0 Å². The molecule has 330 valence electrons. The van der Waals surface area contributed by atoms with Crippen LogP contribution in [0, 0.1) is 0 Å². The molecule has 7 heterocycles. The SMILES string of the molecule is CCCOCCOCCOc1ccc(CS[P@]2(=O)OC[C@H]3O[C@@H](n4cnc5c(N)ncnc54)[C@H](F)[C@@H]3OP(=O)(O)OC[C@H]3O[C@@H](n4cnc5c(N)ncnc54)[C@H](F)[C@@H]3O2)cc1. The van der Waals surface area contributed by atoms with Gasteiger partial charge in [0.1, 0.15) is 60.5 Å². The average Bonchev–Trinajstić information content (AvgIpc) is 4.02. The fourth-order valence-electron chi connectivity index (χ4n) is 6.75. The molecule has 61 heavy (non-hydrogen) atoms. The predicted octanol–water partition coefficient (Wildman–Crippen LogP) is 4.08. The van der Waals surface area contributed by atoms with E-state index in [1.165, 1.54) is 21.8 Å². The van der Waals surface area contributed by atoms with Crippen molar-refractivity contribution < 1.29 is 64.6 Å². The van der Waals surface area contributed by atoms with Crippen molar-refractivity contribution in [3.63, 3.8) is 0 Å². The Morgan fingerprint density at radius 2 is 1.31 bits per heavy atom. The maximum Gasteiger partial charge on any atom is 0.472 e. The van der Waals surface area contributed by atoms with E-state index in [2.05, 4.69) is 29.9 Å². The van der Waals surface area contributed by atoms with Crippen LogP contribution in [0.5, 0.6) is 5.75 Å². The lowest BCUT2D eigenvalue weighted by molar-refractivity contribution is -0.0605. The number of nitrogens with zero attached hydrogens (tertiary/aromatic N) is 8. The lowest BCUT2D eigenvalue weighted by Crippen LogP contribution is -2.37. The third kappa shape index (κ3) is 9.67. The second-order valence-corrected chi connectivity index (χ2v) is 19.3. The number of nitrogens with two attached hydrogens (primary N) is 2. The van der Waals surface area contributed by atoms with Crippen LogP contribution in [0.4, 0.5) is 20.4 Å². The van der Waals surface area contributed by atoms with Crippen molar-refractivity contribution >= 4 is 60.0 Å². The van der Waals surface area contributed by atoms with Crippen LogP contribution in [0.25, 0.3) is 22.3 Å². The molecule has 0 spiro atoms. The van der Waals surface area contributed by atoms with Crippen LogP contribution in [0.2, 0.25) is 0 Å². The largest absolute Gasteiger partial charge is 0.491 e. The molecule has 22 nitrogen and oxygen atoms in total. The molecule has 27 heteroatoms. The maximum atomic E-state index is 16.7. The van der Waals surface area contributed by atoms with E-state index in [-0.39, 0.29) is 39.7 Å². The molecule has 4 aromatic heterocycles. The van der Waals surface area contributed by atoms with Gasteiger partial charge in [0, 0.05) is 12.4 Å². The molecular formula is C34H42F2N10O12P2S. The van der Waals surface area contributed by atoms with Crippen LogP contribution in [0.15, 0.2) is 49.6 Å². The molecule has 0 saturated carbocycles. The highest BCUT2D eigenvalue weighted by Crippen LogP contribution is 2.65. The zero-order chi connectivity index (χ0) is 42.7. The van der Waals surface area contributed by atoms with Gasteiger partial charge in [-0.1, -0.05) is 19.1 Å². The average molecular weight is 915 g/mol. The van der Waals surface area contributed by atoms with E-state index in [1.54, 1.807) is 24.3 Å². The fraction of sp³-hybridized carbons (Fsp3) is 0.529. The molecule has 5 N–H and O–H groups in total. The van der Waals surface area contributed by atoms with Crippen LogP contribution in [-0.4, -0.2) is 127 Å². The van der Waals surface area contributed by atoms with Gasteiger partial charge in [0.2, 0.25) is 0 Å². The first-order valence-corrected chi connectivity index (χ1v) is 23.6. The fourth-order valence-corrected chi connectivity index (χ4v) is 11.1. The number of anilines is 2. The zero-order valence-electron chi connectivity index (χ0n) is 32.3. The Kier molecular flexibility index (Phi) is 13.5. The number of ether oxygens (including phenoxy) is 5. The Morgan fingerprint density at radius 1 is 0.770 bits per heavy atom. The highest BCUT2D eigenvalue weighted by molar-refractivity contribution is 8.54. The Bertz CT molecular complexity index is 2390. The molecule has 0 aliphatic carbocycles. The van der Waals surface area contributed by atoms with Gasteiger partial charge >= 0.3 is 14.6 Å². The minimum Gasteiger partial charge on any atom is -0.491 e. The smallest absolute Gasteiger partial charge is 0.472 e. The maximum absolute atomic E-state index is 16.7. The summed E-state index contributed by atoms with van der Waals surface area (Å²) >= 11 is 0.712. The highest BCUT2D eigenvalue weighted by atomic mass is 32.7. The van der Waals surface area contributed by atoms with Crippen molar-refractivity contribution in [2.45, 2.75) is 68.3 Å². The van der Waals surface area contributed by atoms with Crippen molar-refractivity contribution in [1.82, 2.24) is 39.0 Å². The molecule has 1 unspecified atom stereocenters. The molecule has 0 amide bonds. The van der Waals surface area contributed by atoms with Crippen molar-refractivity contribution in [3.8, 4) is 5.75 Å². The predicted molar refractivity (Wildman–Crippen MR) is 211 cm³/mol. The first kappa shape index (κ1) is 43.7. The number of aromatic nitrogens is 8. The summed E-state index contributed by atoms with van der Waals surface area (Å²) in [5, 5.41) is 0. The molecule has 3 aliphatic heterocycles. The number of nitrogen functional groups attached to an aromatic ring is 2. The normalized spacial score (nSPS) is 30.8. The number of imidazole rings is 2. The molecule has 10 atom stereocenters. The standard InChI is InChI=1S/C34H42F2N10O12P2S/c1-2-7-50-8-9-51-10-11-52-20-5-3-19(4-6-20)14-61-60(49)54-13-22-27(23(35)33(56-22)45-17-43-25-29(37)39-15-41-31(25)45)57-59(47,48)53-12-21-28(58-60)24(36)34(55-21)46-18-44-26-30(38)40-16-42-32(26)46/h3-6,15-18,21-24,27-28,33-34H,2,7-14H2,1H3,(H,47,48)(H2,37,39,41)(H2,38,40,42)/t21-,22-,23-,24-,27-,28-,33-,34-,60-/m1/s1. The monoisotopic (exact) mass is 914 g/mol. The lowest BCUT2D eigenvalue weighted by Gasteiger charge is -2.29. The van der Waals surface area contributed by atoms with Gasteiger partial charge in [-0.05, 0) is 35.5 Å². The quantitative estimate of drug-likeness (QED) is 0.105. The summed E-state index contributed by atoms with van der Waals surface area (Å²) in [6.45, 7) is -1.77. The molecule has 8 rings (SSSR count). The minimum absolute atomic E-state index is 0.0163. The Labute approximate surface area is 349 Å². The van der Waals surface area contributed by atoms with E-state index < -0.39 is 77.0 Å². The number of benzene rings is 1. The summed E-state index contributed by atoms with van der Waals surface area (Å²) in [5.41, 5.74) is 13.0. The summed E-state index contributed by atoms with van der Waals surface area (Å²) < 4.78 is 115. The summed E-state index contributed by atoms with van der Waals surface area (Å²) in [6.07, 6.45) is -8.32.